The normalized spacial score (nSPS) is 12.9. The van der Waals surface area contributed by atoms with E-state index >= 15 is 0 Å². The van der Waals surface area contributed by atoms with E-state index < -0.39 is 5.97 Å². The molecule has 0 unspecified atom stereocenters. The number of hydrogen-bond donors (Lipinski definition) is 0. The van der Waals surface area contributed by atoms with E-state index in [0.717, 1.165) is 22.6 Å². The van der Waals surface area contributed by atoms with Gasteiger partial charge in [0.2, 0.25) is 6.54 Å². The number of esters is 1. The van der Waals surface area contributed by atoms with Crippen molar-refractivity contribution in [2.75, 3.05) is 27.9 Å². The van der Waals surface area contributed by atoms with Crippen LogP contribution < -0.4 is 9.47 Å². The molecule has 7 nitrogen and oxygen atoms in total. The SMILES string of the molecule is COC(=O)/C=C/[C@@H](Cc1ccc(OC)cc1)[C@H](CCc1ccc(OC)cc1)C[N+](=O)[O-]. The van der Waals surface area contributed by atoms with Crippen LogP contribution in [0.5, 0.6) is 11.5 Å². The van der Waals surface area contributed by atoms with Gasteiger partial charge >= 0.3 is 5.97 Å². The van der Waals surface area contributed by atoms with Gasteiger partial charge in [0.05, 0.1) is 21.3 Å². The Balaban J connectivity index is 2.21. The lowest BCUT2D eigenvalue weighted by Crippen LogP contribution is -2.24. The monoisotopic (exact) mass is 427 g/mol. The molecular formula is C24H29NO6. The highest BCUT2D eigenvalue weighted by Crippen LogP contribution is 2.26. The van der Waals surface area contributed by atoms with Crippen molar-refractivity contribution < 1.29 is 23.9 Å². The quantitative estimate of drug-likeness (QED) is 0.219. The van der Waals surface area contributed by atoms with E-state index in [1.165, 1.54) is 13.2 Å². The third-order valence-electron chi connectivity index (χ3n) is 5.26. The maximum atomic E-state index is 11.7. The first-order chi connectivity index (χ1) is 14.9. The Morgan fingerprint density at radius 3 is 2.00 bits per heavy atom. The molecule has 0 saturated heterocycles. The number of hydrogen-bond acceptors (Lipinski definition) is 6. The molecule has 0 aromatic heterocycles. The van der Waals surface area contributed by atoms with Crippen LogP contribution in [0, 0.1) is 22.0 Å². The van der Waals surface area contributed by atoms with Crippen LogP contribution in [-0.2, 0) is 22.4 Å². The van der Waals surface area contributed by atoms with E-state index in [1.807, 2.05) is 48.5 Å². The van der Waals surface area contributed by atoms with Crippen LogP contribution in [0.1, 0.15) is 17.5 Å². The molecule has 0 aliphatic heterocycles. The van der Waals surface area contributed by atoms with Crippen molar-refractivity contribution in [1.82, 2.24) is 0 Å². The smallest absolute Gasteiger partial charge is 0.330 e. The number of ether oxygens (including phenoxy) is 3. The number of nitrogens with zero attached hydrogens (tertiary/aromatic N) is 1. The number of carbonyl (C=O) groups excluding carboxylic acids is 1. The van der Waals surface area contributed by atoms with Crippen molar-refractivity contribution >= 4 is 5.97 Å². The van der Waals surface area contributed by atoms with E-state index in [4.69, 9.17) is 14.2 Å². The number of carbonyl (C=O) groups is 1. The highest BCUT2D eigenvalue weighted by atomic mass is 16.6. The van der Waals surface area contributed by atoms with Gasteiger partial charge in [-0.15, -0.1) is 0 Å². The highest BCUT2D eigenvalue weighted by Gasteiger charge is 2.25. The standard InChI is InChI=1S/C24H29NO6/c1-29-22-11-5-18(6-12-22)4-9-21(17-25(27)28)20(10-15-24(26)31-3)16-19-7-13-23(30-2)14-8-19/h5-8,10-15,20-21H,4,9,16-17H2,1-3H3/b15-10+/t20-,21+/m0/s1. The van der Waals surface area contributed by atoms with E-state index in [0.29, 0.717) is 19.3 Å². The molecule has 0 heterocycles. The second-order valence-electron chi connectivity index (χ2n) is 7.26. The first kappa shape index (κ1) is 23.9. The number of aryl methyl sites for hydroxylation is 1. The van der Waals surface area contributed by atoms with Crippen LogP contribution >= 0.6 is 0 Å². The molecule has 2 aromatic rings. The molecule has 2 rings (SSSR count). The number of benzene rings is 2. The largest absolute Gasteiger partial charge is 0.497 e. The maximum absolute atomic E-state index is 11.7. The lowest BCUT2D eigenvalue weighted by atomic mass is 9.82. The lowest BCUT2D eigenvalue weighted by molar-refractivity contribution is -0.489. The van der Waals surface area contributed by atoms with Crippen LogP contribution in [0.4, 0.5) is 0 Å². The zero-order valence-corrected chi connectivity index (χ0v) is 18.2. The molecule has 0 fully saturated rings. The van der Waals surface area contributed by atoms with Gasteiger partial charge in [0, 0.05) is 16.9 Å². The minimum atomic E-state index is -0.477. The van der Waals surface area contributed by atoms with Crippen molar-refractivity contribution in [3.8, 4) is 11.5 Å². The number of allylic oxidation sites excluding steroid dienone is 1. The van der Waals surface area contributed by atoms with Crippen molar-refractivity contribution in [2.45, 2.75) is 19.3 Å². The van der Waals surface area contributed by atoms with Gasteiger partial charge in [0.1, 0.15) is 11.5 Å². The number of rotatable bonds is 12. The predicted octanol–water partition coefficient (Wildman–Crippen LogP) is 4.12. The van der Waals surface area contributed by atoms with Gasteiger partial charge in [-0.05, 0) is 60.6 Å². The van der Waals surface area contributed by atoms with Gasteiger partial charge < -0.3 is 14.2 Å². The van der Waals surface area contributed by atoms with Crippen molar-refractivity contribution in [2.24, 2.45) is 11.8 Å². The van der Waals surface area contributed by atoms with Gasteiger partial charge in [-0.2, -0.15) is 0 Å². The predicted molar refractivity (Wildman–Crippen MR) is 118 cm³/mol. The Kier molecular flexibility index (Phi) is 9.55. The summed E-state index contributed by atoms with van der Waals surface area (Å²) in [4.78, 5) is 22.8. The summed E-state index contributed by atoms with van der Waals surface area (Å²) in [5, 5.41) is 11.4. The van der Waals surface area contributed by atoms with Crippen LogP contribution in [0.2, 0.25) is 0 Å². The summed E-state index contributed by atoms with van der Waals surface area (Å²) in [5.74, 6) is 0.585. The molecule has 0 aliphatic carbocycles. The fourth-order valence-corrected chi connectivity index (χ4v) is 3.47. The Bertz CT molecular complexity index is 861. The average molecular weight is 427 g/mol. The second-order valence-corrected chi connectivity index (χ2v) is 7.26. The maximum Gasteiger partial charge on any atom is 0.330 e. The van der Waals surface area contributed by atoms with Gasteiger partial charge in [-0.1, -0.05) is 30.3 Å². The molecule has 0 radical (unpaired) electrons. The Morgan fingerprint density at radius 1 is 0.968 bits per heavy atom. The molecule has 2 atom stereocenters. The van der Waals surface area contributed by atoms with E-state index in [1.54, 1.807) is 20.3 Å². The van der Waals surface area contributed by atoms with E-state index in [9.17, 15) is 14.9 Å². The topological polar surface area (TPSA) is 87.9 Å². The highest BCUT2D eigenvalue weighted by molar-refractivity contribution is 5.81. The summed E-state index contributed by atoms with van der Waals surface area (Å²) in [6.45, 7) is -0.178. The first-order valence-electron chi connectivity index (χ1n) is 10.1. The van der Waals surface area contributed by atoms with Crippen molar-refractivity contribution in [3.63, 3.8) is 0 Å². The van der Waals surface area contributed by atoms with Gasteiger partial charge in [-0.3, -0.25) is 10.1 Å². The van der Waals surface area contributed by atoms with Crippen LogP contribution in [0.25, 0.3) is 0 Å². The summed E-state index contributed by atoms with van der Waals surface area (Å²) < 4.78 is 15.1. The second kappa shape index (κ2) is 12.4. The molecule has 0 amide bonds. The molecule has 31 heavy (non-hydrogen) atoms. The van der Waals surface area contributed by atoms with E-state index in [2.05, 4.69) is 0 Å². The van der Waals surface area contributed by atoms with Crippen molar-refractivity contribution in [1.29, 1.82) is 0 Å². The average Bonchev–Trinajstić information content (AvgIpc) is 2.79. The zero-order chi connectivity index (χ0) is 22.6. The summed E-state index contributed by atoms with van der Waals surface area (Å²) in [6, 6.07) is 15.3. The zero-order valence-electron chi connectivity index (χ0n) is 18.2. The minimum Gasteiger partial charge on any atom is -0.497 e. The summed E-state index contributed by atoms with van der Waals surface area (Å²) >= 11 is 0. The number of nitro groups is 1. The molecule has 0 N–H and O–H groups in total. The lowest BCUT2D eigenvalue weighted by Gasteiger charge is -2.22. The van der Waals surface area contributed by atoms with Gasteiger partial charge in [0.25, 0.3) is 0 Å². The van der Waals surface area contributed by atoms with Crippen molar-refractivity contribution in [3.05, 3.63) is 81.9 Å². The fourth-order valence-electron chi connectivity index (χ4n) is 3.47. The molecule has 0 bridgehead atoms. The van der Waals surface area contributed by atoms with E-state index in [-0.39, 0.29) is 23.3 Å². The third-order valence-corrected chi connectivity index (χ3v) is 5.26. The van der Waals surface area contributed by atoms with Crippen LogP contribution in [0.3, 0.4) is 0 Å². The minimum absolute atomic E-state index is 0.178. The Labute approximate surface area is 182 Å². The third kappa shape index (κ3) is 8.12. The van der Waals surface area contributed by atoms with Gasteiger partial charge in [-0.25, -0.2) is 4.79 Å². The van der Waals surface area contributed by atoms with Crippen LogP contribution in [0.15, 0.2) is 60.7 Å². The Morgan fingerprint density at radius 2 is 1.52 bits per heavy atom. The van der Waals surface area contributed by atoms with Crippen LogP contribution in [-0.4, -0.2) is 38.8 Å². The molecule has 0 aliphatic rings. The summed E-state index contributed by atoms with van der Waals surface area (Å²) in [5.41, 5.74) is 2.09. The van der Waals surface area contributed by atoms with Gasteiger partial charge in [0.15, 0.2) is 0 Å². The number of methoxy groups -OCH3 is 3. The molecule has 2 aromatic carbocycles. The molecule has 166 valence electrons. The molecule has 7 heteroatoms. The summed E-state index contributed by atoms with van der Waals surface area (Å²) in [7, 11) is 4.52. The first-order valence-corrected chi connectivity index (χ1v) is 10.1. The molecule has 0 spiro atoms. The Hall–Kier alpha value is -3.35. The molecular weight excluding hydrogens is 398 g/mol. The fraction of sp³-hybridized carbons (Fsp3) is 0.375. The molecule has 0 saturated carbocycles. The summed E-state index contributed by atoms with van der Waals surface area (Å²) in [6.07, 6.45) is 4.96.